The number of rotatable bonds is 1. The van der Waals surface area contributed by atoms with E-state index in [4.69, 9.17) is 0 Å². The van der Waals surface area contributed by atoms with Gasteiger partial charge in [-0.2, -0.15) is 0 Å². The standard InChI is InChI=1S/C12H20N2O/c15-12(14-9-5-2-6-10-14)13-11-7-3-1-4-8-11/h2,5,11H,1,3-4,6-10H2,(H,13,15). The Kier molecular flexibility index (Phi) is 3.64. The first kappa shape index (κ1) is 10.5. The lowest BCUT2D eigenvalue weighted by atomic mass is 9.96. The Morgan fingerprint density at radius 2 is 2.00 bits per heavy atom. The van der Waals surface area contributed by atoms with Gasteiger partial charge in [-0.25, -0.2) is 4.79 Å². The second kappa shape index (κ2) is 5.19. The molecule has 84 valence electrons. The highest BCUT2D eigenvalue weighted by molar-refractivity contribution is 5.74. The van der Waals surface area contributed by atoms with Gasteiger partial charge in [0.15, 0.2) is 0 Å². The lowest BCUT2D eigenvalue weighted by Crippen LogP contribution is -2.46. The first-order chi connectivity index (χ1) is 7.36. The van der Waals surface area contributed by atoms with E-state index in [1.165, 1.54) is 19.3 Å². The molecular formula is C12H20N2O. The third-order valence-electron chi connectivity index (χ3n) is 3.28. The van der Waals surface area contributed by atoms with Crippen LogP contribution >= 0.6 is 0 Å². The van der Waals surface area contributed by atoms with Crippen molar-refractivity contribution >= 4 is 6.03 Å². The predicted molar refractivity (Wildman–Crippen MR) is 60.7 cm³/mol. The van der Waals surface area contributed by atoms with Crippen LogP contribution < -0.4 is 5.32 Å². The molecule has 3 nitrogen and oxygen atoms in total. The van der Waals surface area contributed by atoms with Gasteiger partial charge in [0.2, 0.25) is 0 Å². The Balaban J connectivity index is 1.77. The van der Waals surface area contributed by atoms with Gasteiger partial charge in [0.1, 0.15) is 0 Å². The highest BCUT2D eigenvalue weighted by Crippen LogP contribution is 2.17. The second-order valence-corrected chi connectivity index (χ2v) is 4.49. The van der Waals surface area contributed by atoms with E-state index in [9.17, 15) is 4.79 Å². The number of urea groups is 1. The van der Waals surface area contributed by atoms with Crippen LogP contribution in [0.5, 0.6) is 0 Å². The van der Waals surface area contributed by atoms with Crippen LogP contribution in [0.25, 0.3) is 0 Å². The fourth-order valence-electron chi connectivity index (χ4n) is 2.34. The summed E-state index contributed by atoms with van der Waals surface area (Å²) in [5, 5.41) is 3.14. The maximum absolute atomic E-state index is 11.8. The zero-order chi connectivity index (χ0) is 10.5. The van der Waals surface area contributed by atoms with Crippen LogP contribution in [0, 0.1) is 0 Å². The summed E-state index contributed by atoms with van der Waals surface area (Å²) in [5.74, 6) is 0. The summed E-state index contributed by atoms with van der Waals surface area (Å²) in [6, 6.07) is 0.559. The summed E-state index contributed by atoms with van der Waals surface area (Å²) in [7, 11) is 0. The summed E-state index contributed by atoms with van der Waals surface area (Å²) in [6.07, 6.45) is 11.4. The lowest BCUT2D eigenvalue weighted by Gasteiger charge is -2.28. The molecule has 2 aliphatic rings. The van der Waals surface area contributed by atoms with Gasteiger partial charge in [0, 0.05) is 19.1 Å². The minimum Gasteiger partial charge on any atom is -0.335 e. The third-order valence-corrected chi connectivity index (χ3v) is 3.28. The van der Waals surface area contributed by atoms with E-state index in [0.717, 1.165) is 32.4 Å². The molecule has 15 heavy (non-hydrogen) atoms. The fourth-order valence-corrected chi connectivity index (χ4v) is 2.34. The molecule has 0 bridgehead atoms. The van der Waals surface area contributed by atoms with Gasteiger partial charge in [0.25, 0.3) is 0 Å². The number of nitrogens with zero attached hydrogens (tertiary/aromatic N) is 1. The van der Waals surface area contributed by atoms with Crippen molar-refractivity contribution in [1.29, 1.82) is 0 Å². The van der Waals surface area contributed by atoms with E-state index in [1.807, 2.05) is 4.90 Å². The highest BCUT2D eigenvalue weighted by atomic mass is 16.2. The summed E-state index contributed by atoms with van der Waals surface area (Å²) >= 11 is 0. The van der Waals surface area contributed by atoms with Gasteiger partial charge in [-0.1, -0.05) is 31.4 Å². The first-order valence-corrected chi connectivity index (χ1v) is 6.07. The quantitative estimate of drug-likeness (QED) is 0.659. The van der Waals surface area contributed by atoms with Gasteiger partial charge in [0.05, 0.1) is 0 Å². The SMILES string of the molecule is O=C(NC1CCCCC1)N1CC=CCC1. The first-order valence-electron chi connectivity index (χ1n) is 6.07. The molecule has 0 spiro atoms. The summed E-state index contributed by atoms with van der Waals surface area (Å²) < 4.78 is 0. The normalized spacial score (nSPS) is 22.8. The van der Waals surface area contributed by atoms with Crippen molar-refractivity contribution < 1.29 is 4.79 Å². The fraction of sp³-hybridized carbons (Fsp3) is 0.750. The van der Waals surface area contributed by atoms with E-state index in [0.29, 0.717) is 6.04 Å². The number of nitrogens with one attached hydrogen (secondary N) is 1. The average Bonchev–Trinajstić information content (AvgIpc) is 2.31. The molecule has 0 atom stereocenters. The van der Waals surface area contributed by atoms with Crippen molar-refractivity contribution in [3.05, 3.63) is 12.2 Å². The molecule has 1 heterocycles. The number of carbonyl (C=O) groups is 1. The molecule has 1 saturated carbocycles. The molecular weight excluding hydrogens is 188 g/mol. The van der Waals surface area contributed by atoms with Crippen LogP contribution in [0.2, 0.25) is 0 Å². The third kappa shape index (κ3) is 2.98. The van der Waals surface area contributed by atoms with Crippen molar-refractivity contribution in [3.8, 4) is 0 Å². The molecule has 0 aromatic carbocycles. The van der Waals surface area contributed by atoms with Crippen molar-refractivity contribution in [3.63, 3.8) is 0 Å². The average molecular weight is 208 g/mol. The van der Waals surface area contributed by atoms with Crippen LogP contribution in [0.15, 0.2) is 12.2 Å². The smallest absolute Gasteiger partial charge is 0.317 e. The zero-order valence-electron chi connectivity index (χ0n) is 9.24. The predicted octanol–water partition coefficient (Wildman–Crippen LogP) is 2.29. The molecule has 0 unspecified atom stereocenters. The number of amides is 2. The molecule has 1 fully saturated rings. The molecule has 2 amide bonds. The molecule has 1 aliphatic heterocycles. The van der Waals surface area contributed by atoms with Gasteiger partial charge >= 0.3 is 6.03 Å². The van der Waals surface area contributed by atoms with Crippen LogP contribution in [0.3, 0.4) is 0 Å². The van der Waals surface area contributed by atoms with Crippen molar-refractivity contribution in [2.24, 2.45) is 0 Å². The molecule has 3 heteroatoms. The Labute approximate surface area is 91.5 Å². The molecule has 0 aromatic heterocycles. The zero-order valence-corrected chi connectivity index (χ0v) is 9.24. The lowest BCUT2D eigenvalue weighted by molar-refractivity contribution is 0.194. The Morgan fingerprint density at radius 3 is 2.67 bits per heavy atom. The Hall–Kier alpha value is -0.990. The van der Waals surface area contributed by atoms with Crippen LogP contribution in [0.4, 0.5) is 4.79 Å². The number of carbonyl (C=O) groups excluding carboxylic acids is 1. The van der Waals surface area contributed by atoms with Crippen molar-refractivity contribution in [1.82, 2.24) is 10.2 Å². The summed E-state index contributed by atoms with van der Waals surface area (Å²) in [5.41, 5.74) is 0. The van der Waals surface area contributed by atoms with Gasteiger partial charge < -0.3 is 10.2 Å². The minimum atomic E-state index is 0.131. The molecule has 0 aromatic rings. The number of hydrogen-bond donors (Lipinski definition) is 1. The maximum Gasteiger partial charge on any atom is 0.317 e. The van der Waals surface area contributed by atoms with Crippen LogP contribution in [-0.2, 0) is 0 Å². The summed E-state index contributed by atoms with van der Waals surface area (Å²) in [4.78, 5) is 13.7. The molecule has 1 aliphatic carbocycles. The topological polar surface area (TPSA) is 32.3 Å². The molecule has 0 saturated heterocycles. The summed E-state index contributed by atoms with van der Waals surface area (Å²) in [6.45, 7) is 1.65. The minimum absolute atomic E-state index is 0.131. The van der Waals surface area contributed by atoms with Gasteiger partial charge in [-0.15, -0.1) is 0 Å². The monoisotopic (exact) mass is 208 g/mol. The van der Waals surface area contributed by atoms with Crippen LogP contribution in [0.1, 0.15) is 38.5 Å². The van der Waals surface area contributed by atoms with E-state index in [1.54, 1.807) is 0 Å². The van der Waals surface area contributed by atoms with Gasteiger partial charge in [-0.05, 0) is 19.3 Å². The molecule has 0 radical (unpaired) electrons. The van der Waals surface area contributed by atoms with Crippen LogP contribution in [-0.4, -0.2) is 30.1 Å². The Bertz CT molecular complexity index is 244. The molecule has 2 rings (SSSR count). The van der Waals surface area contributed by atoms with E-state index in [-0.39, 0.29) is 6.03 Å². The number of hydrogen-bond acceptors (Lipinski definition) is 1. The molecule has 1 N–H and O–H groups in total. The van der Waals surface area contributed by atoms with E-state index < -0.39 is 0 Å². The second-order valence-electron chi connectivity index (χ2n) is 4.49. The van der Waals surface area contributed by atoms with Crippen molar-refractivity contribution in [2.45, 2.75) is 44.6 Å². The van der Waals surface area contributed by atoms with E-state index >= 15 is 0 Å². The largest absolute Gasteiger partial charge is 0.335 e. The van der Waals surface area contributed by atoms with Gasteiger partial charge in [-0.3, -0.25) is 0 Å². The van der Waals surface area contributed by atoms with Crippen molar-refractivity contribution in [2.75, 3.05) is 13.1 Å². The Morgan fingerprint density at radius 1 is 1.20 bits per heavy atom. The highest BCUT2D eigenvalue weighted by Gasteiger charge is 2.19. The van der Waals surface area contributed by atoms with E-state index in [2.05, 4.69) is 17.5 Å². The maximum atomic E-state index is 11.8.